The monoisotopic (exact) mass is 394 g/mol. The molecule has 2 N–H and O–H groups in total. The number of nitro benzene ring substituents is 1. The van der Waals surface area contributed by atoms with Crippen LogP contribution in [0.25, 0.3) is 11.0 Å². The fourth-order valence-corrected chi connectivity index (χ4v) is 2.95. The fourth-order valence-electron chi connectivity index (χ4n) is 2.27. The summed E-state index contributed by atoms with van der Waals surface area (Å²) in [6, 6.07) is 5.77. The molecule has 0 aliphatic rings. The highest BCUT2D eigenvalue weighted by atomic mass is 32.2. The number of aromatic nitrogens is 2. The second-order valence-corrected chi connectivity index (χ2v) is 6.27. The summed E-state index contributed by atoms with van der Waals surface area (Å²) in [4.78, 5) is 29.2. The van der Waals surface area contributed by atoms with Gasteiger partial charge in [0.15, 0.2) is 16.8 Å². The van der Waals surface area contributed by atoms with Gasteiger partial charge < -0.3 is 15.0 Å². The molecule has 0 spiro atoms. The van der Waals surface area contributed by atoms with Crippen LogP contribution in [0.3, 0.4) is 0 Å². The average Bonchev–Trinajstić information content (AvgIpc) is 3.02. The van der Waals surface area contributed by atoms with E-state index in [4.69, 9.17) is 4.74 Å². The number of methoxy groups -OCH3 is 1. The fraction of sp³-hybridized carbons (Fsp3) is 0.125. The molecule has 2 aromatic carbocycles. The maximum absolute atomic E-state index is 13.2. The molecule has 0 aliphatic heterocycles. The number of hydrogen-bond acceptors (Lipinski definition) is 6. The standard InChI is InChI=1S/C16H12F2N4O4S/c1-26-14-4-8(22(24)25)2-3-11(14)19-15(23)7-27-16-20-12-5-9(17)10(18)6-13(12)21-16/h2-6H,7H2,1H3,(H,19,23)(H,20,21). The lowest BCUT2D eigenvalue weighted by atomic mass is 10.2. The van der Waals surface area contributed by atoms with Crippen LogP contribution in [0, 0.1) is 21.7 Å². The Kier molecular flexibility index (Phi) is 5.21. The van der Waals surface area contributed by atoms with Crippen LogP contribution in [-0.2, 0) is 4.79 Å². The minimum Gasteiger partial charge on any atom is -0.494 e. The van der Waals surface area contributed by atoms with Crippen LogP contribution in [0.15, 0.2) is 35.5 Å². The molecule has 0 bridgehead atoms. The topological polar surface area (TPSA) is 110 Å². The van der Waals surface area contributed by atoms with E-state index >= 15 is 0 Å². The molecule has 1 aromatic heterocycles. The molecule has 27 heavy (non-hydrogen) atoms. The summed E-state index contributed by atoms with van der Waals surface area (Å²) < 4.78 is 31.5. The summed E-state index contributed by atoms with van der Waals surface area (Å²) in [6.45, 7) is 0. The van der Waals surface area contributed by atoms with Crippen LogP contribution in [0.2, 0.25) is 0 Å². The van der Waals surface area contributed by atoms with Crippen LogP contribution in [-0.4, -0.2) is 33.7 Å². The van der Waals surface area contributed by atoms with Gasteiger partial charge in [0, 0.05) is 18.2 Å². The Bertz CT molecular complexity index is 1000. The Balaban J connectivity index is 1.67. The number of imidazole rings is 1. The van der Waals surface area contributed by atoms with Gasteiger partial charge in [-0.25, -0.2) is 13.8 Å². The van der Waals surface area contributed by atoms with Gasteiger partial charge in [-0.05, 0) is 6.07 Å². The number of halogens is 2. The number of hydrogen-bond donors (Lipinski definition) is 2. The molecule has 8 nitrogen and oxygen atoms in total. The molecule has 0 radical (unpaired) electrons. The lowest BCUT2D eigenvalue weighted by Crippen LogP contribution is -2.14. The largest absolute Gasteiger partial charge is 0.494 e. The normalized spacial score (nSPS) is 10.8. The Hall–Kier alpha value is -3.21. The number of aromatic amines is 1. The first-order chi connectivity index (χ1) is 12.9. The Morgan fingerprint density at radius 1 is 1.33 bits per heavy atom. The van der Waals surface area contributed by atoms with E-state index in [-0.39, 0.29) is 28.4 Å². The van der Waals surface area contributed by atoms with E-state index in [9.17, 15) is 23.7 Å². The zero-order valence-corrected chi connectivity index (χ0v) is 14.6. The molecule has 3 rings (SSSR count). The Labute approximate surface area is 155 Å². The van der Waals surface area contributed by atoms with Gasteiger partial charge in [0.25, 0.3) is 5.69 Å². The molecule has 0 unspecified atom stereocenters. The van der Waals surface area contributed by atoms with Crippen molar-refractivity contribution < 1.29 is 23.2 Å². The van der Waals surface area contributed by atoms with E-state index in [1.165, 1.54) is 25.3 Å². The number of non-ortho nitro benzene ring substituents is 1. The molecule has 0 saturated heterocycles. The van der Waals surface area contributed by atoms with Crippen molar-refractivity contribution >= 4 is 40.1 Å². The van der Waals surface area contributed by atoms with Gasteiger partial charge in [0.1, 0.15) is 5.75 Å². The predicted molar refractivity (Wildman–Crippen MR) is 95.0 cm³/mol. The Morgan fingerprint density at radius 3 is 2.78 bits per heavy atom. The van der Waals surface area contributed by atoms with Crippen LogP contribution in [0.5, 0.6) is 5.75 Å². The smallest absolute Gasteiger partial charge is 0.273 e. The number of nitrogens with one attached hydrogen (secondary N) is 2. The Morgan fingerprint density at radius 2 is 2.07 bits per heavy atom. The lowest BCUT2D eigenvalue weighted by molar-refractivity contribution is -0.384. The number of thioether (sulfide) groups is 1. The van der Waals surface area contributed by atoms with Crippen molar-refractivity contribution in [1.29, 1.82) is 0 Å². The molecular formula is C16H12F2N4O4S. The number of benzene rings is 2. The SMILES string of the molecule is COc1cc([N+](=O)[O-])ccc1NC(=O)CSc1nc2cc(F)c(F)cc2[nH]1. The molecule has 0 fully saturated rings. The lowest BCUT2D eigenvalue weighted by Gasteiger charge is -2.09. The first kappa shape index (κ1) is 18.6. The number of ether oxygens (including phenoxy) is 1. The van der Waals surface area contributed by atoms with Crippen molar-refractivity contribution in [3.63, 3.8) is 0 Å². The number of nitrogens with zero attached hydrogens (tertiary/aromatic N) is 2. The maximum Gasteiger partial charge on any atom is 0.273 e. The molecule has 0 atom stereocenters. The average molecular weight is 394 g/mol. The van der Waals surface area contributed by atoms with E-state index in [1.54, 1.807) is 0 Å². The number of carbonyl (C=O) groups is 1. The number of carbonyl (C=O) groups excluding carboxylic acids is 1. The number of anilines is 1. The van der Waals surface area contributed by atoms with Crippen LogP contribution >= 0.6 is 11.8 Å². The molecule has 11 heteroatoms. The van der Waals surface area contributed by atoms with E-state index in [1.807, 2.05) is 0 Å². The van der Waals surface area contributed by atoms with Crippen molar-refractivity contribution in [2.75, 3.05) is 18.2 Å². The quantitative estimate of drug-likeness (QED) is 0.376. The maximum atomic E-state index is 13.2. The number of H-pyrrole nitrogens is 1. The van der Waals surface area contributed by atoms with Gasteiger partial charge in [0.2, 0.25) is 5.91 Å². The molecule has 140 valence electrons. The molecule has 0 aliphatic carbocycles. The number of rotatable bonds is 6. The summed E-state index contributed by atoms with van der Waals surface area (Å²) in [5.41, 5.74) is 0.672. The summed E-state index contributed by atoms with van der Waals surface area (Å²) in [5, 5.41) is 13.7. The van der Waals surface area contributed by atoms with Crippen molar-refractivity contribution in [3.05, 3.63) is 52.1 Å². The highest BCUT2D eigenvalue weighted by Crippen LogP contribution is 2.29. The molecular weight excluding hydrogens is 382 g/mol. The second-order valence-electron chi connectivity index (χ2n) is 5.30. The van der Waals surface area contributed by atoms with Gasteiger partial charge >= 0.3 is 0 Å². The summed E-state index contributed by atoms with van der Waals surface area (Å²) in [5.74, 6) is -2.31. The van der Waals surface area contributed by atoms with E-state index in [0.29, 0.717) is 10.7 Å². The zero-order chi connectivity index (χ0) is 19.6. The minimum atomic E-state index is -1.01. The molecule has 1 amide bonds. The summed E-state index contributed by atoms with van der Waals surface area (Å²) in [7, 11) is 1.33. The third-order valence-electron chi connectivity index (χ3n) is 3.51. The van der Waals surface area contributed by atoms with E-state index in [0.717, 1.165) is 23.9 Å². The molecule has 0 saturated carbocycles. The van der Waals surface area contributed by atoms with Crippen molar-refractivity contribution in [2.45, 2.75) is 5.16 Å². The van der Waals surface area contributed by atoms with Gasteiger partial charge in [-0.3, -0.25) is 14.9 Å². The van der Waals surface area contributed by atoms with Crippen molar-refractivity contribution in [3.8, 4) is 5.75 Å². The van der Waals surface area contributed by atoms with Crippen molar-refractivity contribution in [1.82, 2.24) is 9.97 Å². The van der Waals surface area contributed by atoms with E-state index in [2.05, 4.69) is 15.3 Å². The van der Waals surface area contributed by atoms with Gasteiger partial charge in [-0.1, -0.05) is 11.8 Å². The minimum absolute atomic E-state index is 0.0507. The highest BCUT2D eigenvalue weighted by molar-refractivity contribution is 7.99. The van der Waals surface area contributed by atoms with Gasteiger partial charge in [-0.15, -0.1) is 0 Å². The van der Waals surface area contributed by atoms with Gasteiger partial charge in [-0.2, -0.15) is 0 Å². The van der Waals surface area contributed by atoms with E-state index < -0.39 is 22.5 Å². The van der Waals surface area contributed by atoms with Crippen LogP contribution < -0.4 is 10.1 Å². The molecule has 1 heterocycles. The van der Waals surface area contributed by atoms with Gasteiger partial charge in [0.05, 0.1) is 40.6 Å². The first-order valence-electron chi connectivity index (χ1n) is 7.47. The second kappa shape index (κ2) is 7.58. The summed E-state index contributed by atoms with van der Waals surface area (Å²) in [6.07, 6.45) is 0. The van der Waals surface area contributed by atoms with Crippen molar-refractivity contribution in [2.24, 2.45) is 0 Å². The van der Waals surface area contributed by atoms with Crippen LogP contribution in [0.4, 0.5) is 20.2 Å². The highest BCUT2D eigenvalue weighted by Gasteiger charge is 2.15. The predicted octanol–water partition coefficient (Wildman–Crippen LogP) is 3.49. The third kappa shape index (κ3) is 4.14. The number of nitro groups is 1. The zero-order valence-electron chi connectivity index (χ0n) is 13.8. The summed E-state index contributed by atoms with van der Waals surface area (Å²) >= 11 is 1.03. The number of amides is 1. The van der Waals surface area contributed by atoms with Crippen LogP contribution in [0.1, 0.15) is 0 Å². The number of fused-ring (bicyclic) bond motifs is 1. The third-order valence-corrected chi connectivity index (χ3v) is 4.39. The first-order valence-corrected chi connectivity index (χ1v) is 8.46. The molecule has 3 aromatic rings.